The number of aliphatic carboxylic acids is 1. The topological polar surface area (TPSA) is 81.7 Å². The van der Waals surface area contributed by atoms with Gasteiger partial charge in [-0.25, -0.2) is 4.79 Å². The number of hydrogen-bond acceptors (Lipinski definition) is 3. The Hall–Kier alpha value is -1.30. The number of carboxylic acids is 1. The number of carbonyl (C=O) groups is 2. The van der Waals surface area contributed by atoms with E-state index >= 15 is 0 Å². The van der Waals surface area contributed by atoms with E-state index in [2.05, 4.69) is 22.5 Å². The number of rotatable bonds is 8. The Balaban J connectivity index is 2.34. The lowest BCUT2D eigenvalue weighted by Crippen LogP contribution is -2.50. The third-order valence-corrected chi connectivity index (χ3v) is 3.88. The molecule has 1 atom stereocenters. The predicted molar refractivity (Wildman–Crippen MR) is 82.3 cm³/mol. The molecule has 1 fully saturated rings. The number of urea groups is 1. The van der Waals surface area contributed by atoms with Gasteiger partial charge in [0.25, 0.3) is 0 Å². The van der Waals surface area contributed by atoms with E-state index in [4.69, 9.17) is 5.11 Å². The summed E-state index contributed by atoms with van der Waals surface area (Å²) in [5.74, 6) is -0.902. The van der Waals surface area contributed by atoms with E-state index in [1.807, 2.05) is 20.8 Å². The molecule has 0 heterocycles. The van der Waals surface area contributed by atoms with Crippen LogP contribution >= 0.6 is 0 Å². The Bertz CT molecular complexity index is 362. The van der Waals surface area contributed by atoms with Crippen LogP contribution in [0.4, 0.5) is 4.79 Å². The molecule has 1 saturated carbocycles. The zero-order valence-corrected chi connectivity index (χ0v) is 13.6. The van der Waals surface area contributed by atoms with E-state index < -0.39 is 5.97 Å². The highest BCUT2D eigenvalue weighted by Crippen LogP contribution is 2.25. The molecule has 1 aliphatic carbocycles. The van der Waals surface area contributed by atoms with Gasteiger partial charge < -0.3 is 15.7 Å². The van der Waals surface area contributed by atoms with Crippen molar-refractivity contribution < 1.29 is 14.7 Å². The van der Waals surface area contributed by atoms with Crippen molar-refractivity contribution in [1.82, 2.24) is 15.5 Å². The van der Waals surface area contributed by atoms with Crippen LogP contribution in [0.25, 0.3) is 0 Å². The molecule has 1 rings (SSSR count). The normalized spacial score (nSPS) is 16.6. The minimum atomic E-state index is -0.902. The van der Waals surface area contributed by atoms with Crippen molar-refractivity contribution in [2.24, 2.45) is 5.41 Å². The summed E-state index contributed by atoms with van der Waals surface area (Å²) in [6.45, 7) is 10.3. The van der Waals surface area contributed by atoms with Crippen molar-refractivity contribution in [3.05, 3.63) is 0 Å². The number of amides is 2. The number of likely N-dealkylation sites (N-methyl/N-ethyl adjacent to an activating group) is 1. The molecule has 122 valence electrons. The second kappa shape index (κ2) is 7.64. The Kier molecular flexibility index (Phi) is 6.45. The monoisotopic (exact) mass is 299 g/mol. The molecule has 0 aromatic carbocycles. The van der Waals surface area contributed by atoms with Crippen LogP contribution < -0.4 is 10.6 Å². The van der Waals surface area contributed by atoms with Gasteiger partial charge in [0, 0.05) is 25.2 Å². The first-order valence-corrected chi connectivity index (χ1v) is 7.74. The predicted octanol–water partition coefficient (Wildman–Crippen LogP) is 1.66. The fourth-order valence-electron chi connectivity index (χ4n) is 2.31. The molecule has 0 bridgehead atoms. The van der Waals surface area contributed by atoms with Gasteiger partial charge in [-0.3, -0.25) is 9.69 Å². The lowest BCUT2D eigenvalue weighted by Gasteiger charge is -2.30. The highest BCUT2D eigenvalue weighted by atomic mass is 16.4. The van der Waals surface area contributed by atoms with Crippen molar-refractivity contribution in [3.63, 3.8) is 0 Å². The third kappa shape index (κ3) is 6.80. The molecular weight excluding hydrogens is 270 g/mol. The van der Waals surface area contributed by atoms with Gasteiger partial charge in [0.05, 0.1) is 6.42 Å². The van der Waals surface area contributed by atoms with E-state index in [1.165, 1.54) is 12.8 Å². The third-order valence-electron chi connectivity index (χ3n) is 3.88. The second-order valence-electron chi connectivity index (χ2n) is 6.78. The zero-order valence-electron chi connectivity index (χ0n) is 13.6. The van der Waals surface area contributed by atoms with Crippen LogP contribution in [0.3, 0.4) is 0 Å². The molecule has 0 aromatic rings. The minimum absolute atomic E-state index is 0.0694. The van der Waals surface area contributed by atoms with Gasteiger partial charge in [-0.2, -0.15) is 0 Å². The smallest absolute Gasteiger partial charge is 0.315 e. The largest absolute Gasteiger partial charge is 0.481 e. The summed E-state index contributed by atoms with van der Waals surface area (Å²) in [7, 11) is 0. The molecule has 1 unspecified atom stereocenters. The molecule has 0 spiro atoms. The number of nitrogens with one attached hydrogen (secondary N) is 2. The maximum absolute atomic E-state index is 11.9. The molecule has 3 N–H and O–H groups in total. The quantitative estimate of drug-likeness (QED) is 0.636. The summed E-state index contributed by atoms with van der Waals surface area (Å²) < 4.78 is 0. The van der Waals surface area contributed by atoms with Crippen molar-refractivity contribution in [1.29, 1.82) is 0 Å². The summed E-state index contributed by atoms with van der Waals surface area (Å²) in [6.07, 6.45) is 2.44. The van der Waals surface area contributed by atoms with Crippen LogP contribution in [0.15, 0.2) is 0 Å². The molecule has 21 heavy (non-hydrogen) atoms. The molecule has 6 nitrogen and oxygen atoms in total. The maximum atomic E-state index is 11.9. The van der Waals surface area contributed by atoms with Gasteiger partial charge in [0.2, 0.25) is 0 Å². The van der Waals surface area contributed by atoms with E-state index in [-0.39, 0.29) is 23.9 Å². The Morgan fingerprint density at radius 3 is 2.38 bits per heavy atom. The lowest BCUT2D eigenvalue weighted by molar-refractivity contribution is -0.138. The summed E-state index contributed by atoms with van der Waals surface area (Å²) in [5.41, 5.74) is -0.292. The average Bonchev–Trinajstić information content (AvgIpc) is 3.16. The van der Waals surface area contributed by atoms with Crippen molar-refractivity contribution in [2.45, 2.75) is 59.0 Å². The molecule has 6 heteroatoms. The number of hydrogen-bond donors (Lipinski definition) is 3. The van der Waals surface area contributed by atoms with Crippen LogP contribution in [-0.4, -0.2) is 53.7 Å². The van der Waals surface area contributed by atoms with E-state index in [1.54, 1.807) is 0 Å². The standard InChI is InChI=1S/C15H29N3O3/c1-5-18(11-6-7-11)9-8-16-14(21)17-12(10-13(19)20)15(2,3)4/h11-12H,5-10H2,1-4H3,(H,19,20)(H2,16,17,21). The molecule has 0 saturated heterocycles. The van der Waals surface area contributed by atoms with E-state index in [0.717, 1.165) is 13.1 Å². The minimum Gasteiger partial charge on any atom is -0.481 e. The summed E-state index contributed by atoms with van der Waals surface area (Å²) in [4.78, 5) is 25.1. The van der Waals surface area contributed by atoms with Crippen LogP contribution in [0.2, 0.25) is 0 Å². The van der Waals surface area contributed by atoms with Crippen molar-refractivity contribution >= 4 is 12.0 Å². The molecule has 2 amide bonds. The molecule has 1 aliphatic rings. The van der Waals surface area contributed by atoms with Gasteiger partial charge in [0.1, 0.15) is 0 Å². The lowest BCUT2D eigenvalue weighted by atomic mass is 9.85. The van der Waals surface area contributed by atoms with Crippen molar-refractivity contribution in [2.75, 3.05) is 19.6 Å². The summed E-state index contributed by atoms with van der Waals surface area (Å²) >= 11 is 0. The van der Waals surface area contributed by atoms with Gasteiger partial charge in [-0.15, -0.1) is 0 Å². The SMILES string of the molecule is CCN(CCNC(=O)NC(CC(=O)O)C(C)(C)C)C1CC1. The van der Waals surface area contributed by atoms with Gasteiger partial charge in [0.15, 0.2) is 0 Å². The highest BCUT2D eigenvalue weighted by Gasteiger charge is 2.29. The summed E-state index contributed by atoms with van der Waals surface area (Å²) in [6, 6.07) is 0.0120. The van der Waals surface area contributed by atoms with Crippen LogP contribution in [0.5, 0.6) is 0 Å². The van der Waals surface area contributed by atoms with Gasteiger partial charge in [-0.1, -0.05) is 27.7 Å². The summed E-state index contributed by atoms with van der Waals surface area (Å²) in [5, 5.41) is 14.5. The van der Waals surface area contributed by atoms with Gasteiger partial charge >= 0.3 is 12.0 Å². The molecule has 0 aromatic heterocycles. The van der Waals surface area contributed by atoms with Crippen molar-refractivity contribution in [3.8, 4) is 0 Å². The highest BCUT2D eigenvalue weighted by molar-refractivity contribution is 5.75. The second-order valence-corrected chi connectivity index (χ2v) is 6.78. The molecule has 0 radical (unpaired) electrons. The maximum Gasteiger partial charge on any atom is 0.315 e. The fourth-order valence-corrected chi connectivity index (χ4v) is 2.31. The van der Waals surface area contributed by atoms with Crippen LogP contribution in [0.1, 0.15) is 47.0 Å². The van der Waals surface area contributed by atoms with Gasteiger partial charge in [-0.05, 0) is 24.8 Å². The Morgan fingerprint density at radius 1 is 1.33 bits per heavy atom. The fraction of sp³-hybridized carbons (Fsp3) is 0.867. The zero-order chi connectivity index (χ0) is 16.0. The number of carboxylic acid groups (broad SMARTS) is 1. The molecular formula is C15H29N3O3. The molecule has 0 aliphatic heterocycles. The first kappa shape index (κ1) is 17.8. The number of carbonyl (C=O) groups excluding carboxylic acids is 1. The van der Waals surface area contributed by atoms with E-state index in [9.17, 15) is 9.59 Å². The average molecular weight is 299 g/mol. The first-order valence-electron chi connectivity index (χ1n) is 7.74. The Labute approximate surface area is 127 Å². The van der Waals surface area contributed by atoms with Crippen LogP contribution in [-0.2, 0) is 4.79 Å². The van der Waals surface area contributed by atoms with Crippen LogP contribution in [0, 0.1) is 5.41 Å². The first-order chi connectivity index (χ1) is 9.74. The van der Waals surface area contributed by atoms with E-state index in [0.29, 0.717) is 12.6 Å². The Morgan fingerprint density at radius 2 is 1.95 bits per heavy atom. The number of nitrogens with zero attached hydrogens (tertiary/aromatic N) is 1.